The van der Waals surface area contributed by atoms with Crippen LogP contribution in [-0.2, 0) is 16.1 Å². The highest BCUT2D eigenvalue weighted by atomic mass is 16.5. The van der Waals surface area contributed by atoms with Crippen LogP contribution in [0, 0.1) is 5.92 Å². The second-order valence-corrected chi connectivity index (χ2v) is 13.1. The van der Waals surface area contributed by atoms with Gasteiger partial charge in [0.1, 0.15) is 11.5 Å². The number of benzene rings is 3. The molecule has 3 aromatic rings. The molecular formula is C41H55N3O7. The van der Waals surface area contributed by atoms with E-state index in [0.29, 0.717) is 60.6 Å². The summed E-state index contributed by atoms with van der Waals surface area (Å²) in [6, 6.07) is 21.9. The zero-order chi connectivity index (χ0) is 37.0. The van der Waals surface area contributed by atoms with E-state index in [2.05, 4.69) is 31.0 Å². The molecule has 1 heterocycles. The molecule has 10 nitrogen and oxygen atoms in total. The highest BCUT2D eigenvalue weighted by Gasteiger charge is 2.23. The Labute approximate surface area is 303 Å². The Hall–Kier alpha value is -4.70. The number of esters is 1. The molecule has 1 aliphatic rings. The minimum absolute atomic E-state index is 0.0210. The summed E-state index contributed by atoms with van der Waals surface area (Å²) in [6.07, 6.45) is 8.52. The number of carbonyl (C=O) groups excluding carboxylic acids is 3. The van der Waals surface area contributed by atoms with Crippen LogP contribution < -0.4 is 14.8 Å². The first kappa shape index (κ1) is 40.7. The summed E-state index contributed by atoms with van der Waals surface area (Å²) in [7, 11) is 0. The molecule has 0 atom stereocenters. The molecule has 0 spiro atoms. The van der Waals surface area contributed by atoms with E-state index in [4.69, 9.17) is 19.4 Å². The summed E-state index contributed by atoms with van der Waals surface area (Å²) in [5.74, 6) is 1.08. The largest absolute Gasteiger partial charge is 0.494 e. The third-order valence-corrected chi connectivity index (χ3v) is 9.05. The van der Waals surface area contributed by atoms with Gasteiger partial charge in [0.05, 0.1) is 12.2 Å². The van der Waals surface area contributed by atoms with Crippen molar-refractivity contribution in [2.45, 2.75) is 91.6 Å². The molecule has 51 heavy (non-hydrogen) atoms. The molecule has 0 unspecified atom stereocenters. The van der Waals surface area contributed by atoms with Gasteiger partial charge in [-0.15, -0.1) is 0 Å². The summed E-state index contributed by atoms with van der Waals surface area (Å²) >= 11 is 0. The number of ether oxygens (including phenoxy) is 2. The van der Waals surface area contributed by atoms with Crippen LogP contribution in [-0.4, -0.2) is 71.4 Å². The van der Waals surface area contributed by atoms with Crippen LogP contribution >= 0.6 is 0 Å². The Morgan fingerprint density at radius 1 is 0.863 bits per heavy atom. The van der Waals surface area contributed by atoms with E-state index in [9.17, 15) is 14.4 Å². The van der Waals surface area contributed by atoms with Crippen LogP contribution in [0.2, 0.25) is 0 Å². The smallest absolute Gasteiger partial charge is 0.343 e. The predicted molar refractivity (Wildman–Crippen MR) is 200 cm³/mol. The van der Waals surface area contributed by atoms with Gasteiger partial charge in [0.2, 0.25) is 5.91 Å². The summed E-state index contributed by atoms with van der Waals surface area (Å²) in [6.45, 7) is 12.0. The second kappa shape index (κ2) is 22.2. The fourth-order valence-corrected chi connectivity index (χ4v) is 5.99. The lowest BCUT2D eigenvalue weighted by atomic mass is 9.92. The molecule has 2 amide bonds. The van der Waals surface area contributed by atoms with Crippen molar-refractivity contribution in [1.82, 2.24) is 9.80 Å². The van der Waals surface area contributed by atoms with Crippen molar-refractivity contribution < 1.29 is 33.8 Å². The van der Waals surface area contributed by atoms with Gasteiger partial charge >= 0.3 is 5.97 Å². The molecule has 3 aromatic carbocycles. The van der Waals surface area contributed by atoms with Gasteiger partial charge < -0.3 is 29.7 Å². The molecule has 10 heteroatoms. The van der Waals surface area contributed by atoms with Crippen molar-refractivity contribution in [2.24, 2.45) is 5.92 Å². The first-order chi connectivity index (χ1) is 24.7. The summed E-state index contributed by atoms with van der Waals surface area (Å²) in [4.78, 5) is 51.3. The average Bonchev–Trinajstić information content (AvgIpc) is 3.13. The second-order valence-electron chi connectivity index (χ2n) is 13.1. The zero-order valence-corrected chi connectivity index (χ0v) is 30.6. The quantitative estimate of drug-likeness (QED) is 0.0627. The van der Waals surface area contributed by atoms with Crippen molar-refractivity contribution in [2.75, 3.05) is 31.6 Å². The zero-order valence-electron chi connectivity index (χ0n) is 30.6. The lowest BCUT2D eigenvalue weighted by molar-refractivity contribution is -0.123. The number of likely N-dealkylation sites (tertiary alicyclic amines) is 1. The number of hydrogen-bond donors (Lipinski definition) is 2. The van der Waals surface area contributed by atoms with Gasteiger partial charge in [0.25, 0.3) is 12.4 Å². The first-order valence-electron chi connectivity index (χ1n) is 18.2. The highest BCUT2D eigenvalue weighted by Crippen LogP contribution is 2.23. The molecule has 1 saturated heterocycles. The third-order valence-electron chi connectivity index (χ3n) is 9.05. The Balaban J connectivity index is 0.00000226. The van der Waals surface area contributed by atoms with E-state index >= 15 is 0 Å². The monoisotopic (exact) mass is 701 g/mol. The molecule has 1 fully saturated rings. The van der Waals surface area contributed by atoms with Gasteiger partial charge in [-0.25, -0.2) is 4.79 Å². The maximum Gasteiger partial charge on any atom is 0.343 e. The fraction of sp³-hybridized carbons (Fsp3) is 0.463. The van der Waals surface area contributed by atoms with Crippen LogP contribution in [0.25, 0.3) is 0 Å². The molecule has 1 aliphatic heterocycles. The molecule has 0 radical (unpaired) electrons. The van der Waals surface area contributed by atoms with E-state index in [1.54, 1.807) is 65.6 Å². The van der Waals surface area contributed by atoms with Crippen LogP contribution in [0.15, 0.2) is 72.8 Å². The lowest BCUT2D eigenvalue weighted by Crippen LogP contribution is -2.39. The number of carboxylic acid groups (broad SMARTS) is 1. The molecule has 4 rings (SSSR count). The van der Waals surface area contributed by atoms with Crippen LogP contribution in [0.4, 0.5) is 5.69 Å². The van der Waals surface area contributed by atoms with Gasteiger partial charge in [-0.2, -0.15) is 0 Å². The number of carbonyl (C=O) groups is 4. The van der Waals surface area contributed by atoms with Crippen molar-refractivity contribution >= 4 is 29.9 Å². The van der Waals surface area contributed by atoms with Crippen molar-refractivity contribution in [1.29, 1.82) is 0 Å². The molecule has 276 valence electrons. The molecule has 0 aliphatic carbocycles. The van der Waals surface area contributed by atoms with E-state index in [1.807, 2.05) is 19.1 Å². The highest BCUT2D eigenvalue weighted by molar-refractivity contribution is 5.96. The van der Waals surface area contributed by atoms with E-state index in [-0.39, 0.29) is 18.3 Å². The number of amides is 2. The summed E-state index contributed by atoms with van der Waals surface area (Å²) < 4.78 is 11.4. The van der Waals surface area contributed by atoms with Gasteiger partial charge in [-0.3, -0.25) is 14.4 Å². The van der Waals surface area contributed by atoms with Crippen molar-refractivity contribution in [3.05, 3.63) is 89.5 Å². The minimum Gasteiger partial charge on any atom is -0.494 e. The molecule has 2 N–H and O–H groups in total. The Morgan fingerprint density at radius 2 is 1.45 bits per heavy atom. The molecule has 0 aromatic heterocycles. The number of hydrogen-bond acceptors (Lipinski definition) is 7. The summed E-state index contributed by atoms with van der Waals surface area (Å²) in [5, 5.41) is 9.89. The number of unbranched alkanes of at least 4 members (excludes halogenated alkanes) is 4. The SMILES string of the molecule is CCCCCCCOc1ccc(C(=O)Oc2ccc(CN(CC)C(=O)c3ccc(NC(=O)CC4CCN(C(C)C)CC4)cc3)cc2)cc1.O=CO. The summed E-state index contributed by atoms with van der Waals surface area (Å²) in [5.41, 5.74) is 2.63. The van der Waals surface area contributed by atoms with Crippen LogP contribution in [0.3, 0.4) is 0 Å². The lowest BCUT2D eigenvalue weighted by Gasteiger charge is -2.34. The van der Waals surface area contributed by atoms with Gasteiger partial charge in [-0.1, -0.05) is 44.7 Å². The normalized spacial score (nSPS) is 13.1. The maximum absolute atomic E-state index is 13.3. The Kier molecular flexibility index (Phi) is 17.7. The Morgan fingerprint density at radius 3 is 2.04 bits per heavy atom. The standard InChI is InChI=1S/C40H53N3O5.CH2O2/c1-5-7-8-9-10-27-47-36-21-15-34(16-22-36)40(46)48-37-19-11-32(12-20-37)29-42(6-2)39(45)33-13-17-35(18-14-33)41-38(44)28-31-23-25-43(26-24-31)30(3)4;2-1-3/h11-22,30-31H,5-10,23-29H2,1-4H3,(H,41,44);1H,(H,2,3). The van der Waals surface area contributed by atoms with E-state index in [0.717, 1.165) is 50.1 Å². The van der Waals surface area contributed by atoms with Gasteiger partial charge in [-0.05, 0) is 125 Å². The van der Waals surface area contributed by atoms with E-state index < -0.39 is 5.97 Å². The van der Waals surface area contributed by atoms with Gasteiger partial charge in [0.15, 0.2) is 0 Å². The van der Waals surface area contributed by atoms with Crippen molar-refractivity contribution in [3.63, 3.8) is 0 Å². The van der Waals surface area contributed by atoms with E-state index in [1.165, 1.54) is 19.3 Å². The Bertz CT molecular complexity index is 1480. The maximum atomic E-state index is 13.3. The molecule has 0 saturated carbocycles. The number of anilines is 1. The van der Waals surface area contributed by atoms with Crippen LogP contribution in [0.5, 0.6) is 11.5 Å². The van der Waals surface area contributed by atoms with Crippen LogP contribution in [0.1, 0.15) is 105 Å². The average molecular weight is 702 g/mol. The molecular weight excluding hydrogens is 646 g/mol. The van der Waals surface area contributed by atoms with Gasteiger partial charge in [0, 0.05) is 36.8 Å². The fourth-order valence-electron chi connectivity index (χ4n) is 5.99. The number of nitrogens with zero attached hydrogens (tertiary/aromatic N) is 2. The predicted octanol–water partition coefficient (Wildman–Crippen LogP) is 8.07. The number of piperidine rings is 1. The first-order valence-corrected chi connectivity index (χ1v) is 18.2. The molecule has 0 bridgehead atoms. The minimum atomic E-state index is -0.439. The number of rotatable bonds is 17. The number of nitrogens with one attached hydrogen (secondary N) is 1. The third kappa shape index (κ3) is 14.2. The van der Waals surface area contributed by atoms with Crippen molar-refractivity contribution in [3.8, 4) is 11.5 Å². The topological polar surface area (TPSA) is 125 Å².